The van der Waals surface area contributed by atoms with Crippen molar-refractivity contribution in [1.29, 1.82) is 5.26 Å². The van der Waals surface area contributed by atoms with Gasteiger partial charge in [0, 0.05) is 6.54 Å². The van der Waals surface area contributed by atoms with Gasteiger partial charge in [0.05, 0.1) is 0 Å². The van der Waals surface area contributed by atoms with Crippen LogP contribution in [0, 0.1) is 11.3 Å². The van der Waals surface area contributed by atoms with E-state index < -0.39 is 5.91 Å². The second-order valence-electron chi connectivity index (χ2n) is 3.80. The molecule has 0 aromatic heterocycles. The Morgan fingerprint density at radius 1 is 1.18 bits per heavy atom. The number of nitrogens with one attached hydrogen (secondary N) is 1. The Balaban J connectivity index is 2.05. The predicted molar refractivity (Wildman–Crippen MR) is 66.3 cm³/mol. The molecule has 0 aliphatic heterocycles. The summed E-state index contributed by atoms with van der Waals surface area (Å²) in [6, 6.07) is 15.9. The molecule has 0 fully saturated rings. The lowest BCUT2D eigenvalue weighted by Gasteiger charge is -2.03. The van der Waals surface area contributed by atoms with E-state index in [9.17, 15) is 4.79 Å². The summed E-state index contributed by atoms with van der Waals surface area (Å²) in [4.78, 5) is 10.7. The van der Waals surface area contributed by atoms with Crippen molar-refractivity contribution >= 4 is 16.7 Å². The number of hydrogen-bond acceptors (Lipinski definition) is 2. The molecule has 3 nitrogen and oxygen atoms in total. The van der Waals surface area contributed by atoms with Crippen LogP contribution in [0.5, 0.6) is 0 Å². The van der Waals surface area contributed by atoms with E-state index in [0.29, 0.717) is 6.54 Å². The maximum Gasteiger partial charge on any atom is 0.322 e. The zero-order valence-electron chi connectivity index (χ0n) is 9.31. The molecule has 0 spiro atoms. The highest BCUT2D eigenvalue weighted by molar-refractivity contribution is 5.91. The van der Waals surface area contributed by atoms with Crippen LogP contribution in [0.2, 0.25) is 0 Å². The summed E-state index contributed by atoms with van der Waals surface area (Å²) in [5.41, 5.74) is 1.15. The van der Waals surface area contributed by atoms with Crippen molar-refractivity contribution in [3.8, 4) is 6.07 Å². The van der Waals surface area contributed by atoms with E-state index in [1.165, 1.54) is 16.8 Å². The van der Waals surface area contributed by atoms with Crippen LogP contribution in [-0.4, -0.2) is 12.5 Å². The molecule has 0 radical (unpaired) electrons. The minimum Gasteiger partial charge on any atom is -0.343 e. The fourth-order valence-electron chi connectivity index (χ4n) is 1.75. The van der Waals surface area contributed by atoms with Gasteiger partial charge in [0.1, 0.15) is 0 Å². The van der Waals surface area contributed by atoms with Crippen molar-refractivity contribution in [2.45, 2.75) is 6.42 Å². The molecule has 2 rings (SSSR count). The minimum absolute atomic E-state index is 0.491. The SMILES string of the molecule is N#CC(=O)NCCc1ccc2ccccc2c1. The summed E-state index contributed by atoms with van der Waals surface area (Å²) >= 11 is 0. The average molecular weight is 224 g/mol. The van der Waals surface area contributed by atoms with Gasteiger partial charge in [-0.05, 0) is 22.8 Å². The third kappa shape index (κ3) is 2.82. The van der Waals surface area contributed by atoms with E-state index in [4.69, 9.17) is 5.26 Å². The Kier molecular flexibility index (Phi) is 3.37. The highest BCUT2D eigenvalue weighted by Crippen LogP contribution is 2.15. The molecule has 1 N–H and O–H groups in total. The average Bonchev–Trinajstić information content (AvgIpc) is 2.38. The molecule has 84 valence electrons. The summed E-state index contributed by atoms with van der Waals surface area (Å²) in [7, 11) is 0. The van der Waals surface area contributed by atoms with Crippen LogP contribution in [0.1, 0.15) is 5.56 Å². The lowest BCUT2D eigenvalue weighted by molar-refractivity contribution is -0.115. The molecular weight excluding hydrogens is 212 g/mol. The Morgan fingerprint density at radius 2 is 1.94 bits per heavy atom. The quantitative estimate of drug-likeness (QED) is 0.811. The Morgan fingerprint density at radius 3 is 2.71 bits per heavy atom. The van der Waals surface area contributed by atoms with Crippen LogP contribution in [-0.2, 0) is 11.2 Å². The number of hydrogen-bond donors (Lipinski definition) is 1. The van der Waals surface area contributed by atoms with Gasteiger partial charge in [-0.25, -0.2) is 0 Å². The van der Waals surface area contributed by atoms with E-state index in [1.54, 1.807) is 0 Å². The third-order valence-corrected chi connectivity index (χ3v) is 2.61. The Hall–Kier alpha value is -2.34. The molecule has 0 heterocycles. The Bertz CT molecular complexity index is 584. The summed E-state index contributed by atoms with van der Waals surface area (Å²) in [6.45, 7) is 0.491. The number of benzene rings is 2. The smallest absolute Gasteiger partial charge is 0.322 e. The van der Waals surface area contributed by atoms with Gasteiger partial charge in [-0.3, -0.25) is 4.79 Å². The molecule has 0 atom stereocenters. The number of carbonyl (C=O) groups excluding carboxylic acids is 1. The number of amides is 1. The summed E-state index contributed by atoms with van der Waals surface area (Å²) < 4.78 is 0. The van der Waals surface area contributed by atoms with Gasteiger partial charge < -0.3 is 5.32 Å². The zero-order chi connectivity index (χ0) is 12.1. The molecule has 2 aromatic rings. The highest BCUT2D eigenvalue weighted by Gasteiger charge is 1.99. The normalized spacial score (nSPS) is 9.82. The first kappa shape index (κ1) is 11.2. The molecule has 1 amide bonds. The van der Waals surface area contributed by atoms with Crippen molar-refractivity contribution in [2.24, 2.45) is 0 Å². The molecule has 0 saturated heterocycles. The maximum atomic E-state index is 10.7. The van der Waals surface area contributed by atoms with E-state index in [0.717, 1.165) is 12.0 Å². The van der Waals surface area contributed by atoms with Gasteiger partial charge in [0.2, 0.25) is 0 Å². The monoisotopic (exact) mass is 224 g/mol. The second-order valence-corrected chi connectivity index (χ2v) is 3.80. The first-order valence-electron chi connectivity index (χ1n) is 5.45. The molecular formula is C14H12N2O. The second kappa shape index (κ2) is 5.13. The molecule has 0 aliphatic rings. The molecule has 0 bridgehead atoms. The standard InChI is InChI=1S/C14H12N2O/c15-10-14(17)16-8-7-11-5-6-12-3-1-2-4-13(12)9-11/h1-6,9H,7-8H2,(H,16,17). The minimum atomic E-state index is -0.578. The number of fused-ring (bicyclic) bond motifs is 1. The fraction of sp³-hybridized carbons (Fsp3) is 0.143. The molecule has 2 aromatic carbocycles. The molecule has 17 heavy (non-hydrogen) atoms. The van der Waals surface area contributed by atoms with Crippen molar-refractivity contribution in [3.05, 3.63) is 48.0 Å². The van der Waals surface area contributed by atoms with Gasteiger partial charge in [-0.2, -0.15) is 5.26 Å². The lowest BCUT2D eigenvalue weighted by atomic mass is 10.1. The highest BCUT2D eigenvalue weighted by atomic mass is 16.1. The molecule has 3 heteroatoms. The van der Waals surface area contributed by atoms with Crippen LogP contribution in [0.25, 0.3) is 10.8 Å². The first-order valence-corrected chi connectivity index (χ1v) is 5.45. The summed E-state index contributed by atoms with van der Waals surface area (Å²) in [5, 5.41) is 13.2. The van der Waals surface area contributed by atoms with Crippen molar-refractivity contribution < 1.29 is 4.79 Å². The van der Waals surface area contributed by atoms with Gasteiger partial charge in [0.15, 0.2) is 6.07 Å². The van der Waals surface area contributed by atoms with Gasteiger partial charge in [-0.15, -0.1) is 0 Å². The van der Waals surface area contributed by atoms with E-state index >= 15 is 0 Å². The first-order chi connectivity index (χ1) is 8.29. The predicted octanol–water partition coefficient (Wildman–Crippen LogP) is 2.02. The largest absolute Gasteiger partial charge is 0.343 e. The number of nitrogens with zero attached hydrogens (tertiary/aromatic N) is 1. The van der Waals surface area contributed by atoms with E-state index in [-0.39, 0.29) is 0 Å². The molecule has 0 saturated carbocycles. The fourth-order valence-corrected chi connectivity index (χ4v) is 1.75. The zero-order valence-corrected chi connectivity index (χ0v) is 9.31. The van der Waals surface area contributed by atoms with E-state index in [1.807, 2.05) is 18.2 Å². The van der Waals surface area contributed by atoms with Crippen LogP contribution >= 0.6 is 0 Å². The molecule has 0 unspecified atom stereocenters. The van der Waals surface area contributed by atoms with Crippen LogP contribution in [0.3, 0.4) is 0 Å². The van der Waals surface area contributed by atoms with Gasteiger partial charge >= 0.3 is 5.91 Å². The third-order valence-electron chi connectivity index (χ3n) is 2.61. The van der Waals surface area contributed by atoms with Crippen LogP contribution < -0.4 is 5.32 Å². The number of carbonyl (C=O) groups is 1. The Labute approximate surface area is 99.7 Å². The number of nitriles is 1. The summed E-state index contributed by atoms with van der Waals surface area (Å²) in [6.07, 6.45) is 0.734. The van der Waals surface area contributed by atoms with Crippen molar-refractivity contribution in [1.82, 2.24) is 5.32 Å². The lowest BCUT2D eigenvalue weighted by Crippen LogP contribution is -2.23. The van der Waals surface area contributed by atoms with Crippen molar-refractivity contribution in [3.63, 3.8) is 0 Å². The summed E-state index contributed by atoms with van der Waals surface area (Å²) in [5.74, 6) is -0.578. The topological polar surface area (TPSA) is 52.9 Å². The van der Waals surface area contributed by atoms with E-state index in [2.05, 4.69) is 29.6 Å². The van der Waals surface area contributed by atoms with Gasteiger partial charge in [-0.1, -0.05) is 42.5 Å². The maximum absolute atomic E-state index is 10.7. The van der Waals surface area contributed by atoms with Gasteiger partial charge in [0.25, 0.3) is 0 Å². The van der Waals surface area contributed by atoms with Crippen LogP contribution in [0.15, 0.2) is 42.5 Å². The molecule has 0 aliphatic carbocycles. The number of rotatable bonds is 3. The van der Waals surface area contributed by atoms with Crippen molar-refractivity contribution in [2.75, 3.05) is 6.54 Å². The van der Waals surface area contributed by atoms with Crippen LogP contribution in [0.4, 0.5) is 0 Å².